The predicted octanol–water partition coefficient (Wildman–Crippen LogP) is 3.95. The van der Waals surface area contributed by atoms with Crippen molar-refractivity contribution in [3.63, 3.8) is 0 Å². The highest BCUT2D eigenvalue weighted by molar-refractivity contribution is 5.86. The largest absolute Gasteiger partial charge is 0.418 e. The van der Waals surface area contributed by atoms with Crippen LogP contribution in [0.25, 0.3) is 11.3 Å². The van der Waals surface area contributed by atoms with E-state index in [-0.39, 0.29) is 5.88 Å². The summed E-state index contributed by atoms with van der Waals surface area (Å²) in [5.41, 5.74) is 1.51. The second-order valence-corrected chi connectivity index (χ2v) is 4.28. The van der Waals surface area contributed by atoms with Gasteiger partial charge in [-0.1, -0.05) is 48.5 Å². The summed E-state index contributed by atoms with van der Waals surface area (Å²) < 4.78 is 10.2. The van der Waals surface area contributed by atoms with Crippen LogP contribution in [-0.2, 0) is 0 Å². The Morgan fingerprint density at radius 3 is 2.38 bits per heavy atom. The van der Waals surface area contributed by atoms with Crippen LogP contribution in [0.3, 0.4) is 0 Å². The number of carbonyl (C=O) groups excluding carboxylic acids is 1. The third kappa shape index (κ3) is 3.27. The molecule has 3 rings (SSSR count). The van der Waals surface area contributed by atoms with Crippen molar-refractivity contribution in [1.29, 1.82) is 0 Å². The SMILES string of the molecule is O=C(Nc1ccccc1)Oc1cc(-c2ccccc2)on1. The van der Waals surface area contributed by atoms with E-state index in [0.29, 0.717) is 11.4 Å². The molecule has 1 aromatic heterocycles. The molecule has 0 saturated carbocycles. The summed E-state index contributed by atoms with van der Waals surface area (Å²) in [5.74, 6) is 0.653. The van der Waals surface area contributed by atoms with Crippen molar-refractivity contribution in [1.82, 2.24) is 5.16 Å². The van der Waals surface area contributed by atoms with Crippen LogP contribution in [0.1, 0.15) is 0 Å². The molecule has 0 radical (unpaired) electrons. The van der Waals surface area contributed by atoms with Crippen molar-refractivity contribution in [2.24, 2.45) is 0 Å². The molecular weight excluding hydrogens is 268 g/mol. The Morgan fingerprint density at radius 1 is 1.00 bits per heavy atom. The molecule has 3 aromatic rings. The number of aromatic nitrogens is 1. The fourth-order valence-corrected chi connectivity index (χ4v) is 1.81. The van der Waals surface area contributed by atoms with E-state index in [1.165, 1.54) is 0 Å². The molecule has 0 spiro atoms. The summed E-state index contributed by atoms with van der Waals surface area (Å²) in [6.45, 7) is 0. The fraction of sp³-hybridized carbons (Fsp3) is 0. The first-order valence-electron chi connectivity index (χ1n) is 6.37. The fourth-order valence-electron chi connectivity index (χ4n) is 1.81. The van der Waals surface area contributed by atoms with Gasteiger partial charge in [-0.05, 0) is 17.3 Å². The van der Waals surface area contributed by atoms with E-state index < -0.39 is 6.09 Å². The first-order chi connectivity index (χ1) is 10.3. The zero-order valence-electron chi connectivity index (χ0n) is 11.0. The molecule has 21 heavy (non-hydrogen) atoms. The minimum absolute atomic E-state index is 0.113. The van der Waals surface area contributed by atoms with Crippen LogP contribution in [0.4, 0.5) is 10.5 Å². The van der Waals surface area contributed by atoms with Gasteiger partial charge >= 0.3 is 6.09 Å². The number of ether oxygens (including phenoxy) is 1. The van der Waals surface area contributed by atoms with Gasteiger partial charge in [0.2, 0.25) is 0 Å². The summed E-state index contributed by atoms with van der Waals surface area (Å²) in [6, 6.07) is 20.0. The number of anilines is 1. The number of hydrogen-bond acceptors (Lipinski definition) is 4. The van der Waals surface area contributed by atoms with Crippen LogP contribution < -0.4 is 10.1 Å². The van der Waals surface area contributed by atoms with Crippen molar-refractivity contribution in [3.05, 3.63) is 66.7 Å². The Kier molecular flexibility index (Phi) is 3.64. The third-order valence-electron chi connectivity index (χ3n) is 2.76. The number of hydrogen-bond donors (Lipinski definition) is 1. The van der Waals surface area contributed by atoms with Crippen LogP contribution >= 0.6 is 0 Å². The molecule has 2 aromatic carbocycles. The number of para-hydroxylation sites is 1. The molecule has 104 valence electrons. The molecule has 0 aliphatic rings. The van der Waals surface area contributed by atoms with E-state index in [0.717, 1.165) is 5.56 Å². The highest BCUT2D eigenvalue weighted by Gasteiger charge is 2.11. The molecule has 0 unspecified atom stereocenters. The van der Waals surface area contributed by atoms with Crippen LogP contribution in [0.2, 0.25) is 0 Å². The van der Waals surface area contributed by atoms with Crippen LogP contribution in [0.5, 0.6) is 5.88 Å². The molecular formula is C16H12N2O3. The summed E-state index contributed by atoms with van der Waals surface area (Å²) in [7, 11) is 0. The Hall–Kier alpha value is -3.08. The highest BCUT2D eigenvalue weighted by Crippen LogP contribution is 2.23. The first kappa shape index (κ1) is 12.9. The second-order valence-electron chi connectivity index (χ2n) is 4.28. The van der Waals surface area contributed by atoms with E-state index in [2.05, 4.69) is 10.5 Å². The maximum Gasteiger partial charge on any atom is 0.418 e. The molecule has 1 N–H and O–H groups in total. The molecule has 5 heteroatoms. The van der Waals surface area contributed by atoms with Gasteiger partial charge in [-0.2, -0.15) is 0 Å². The Bertz CT molecular complexity index is 724. The van der Waals surface area contributed by atoms with Gasteiger partial charge < -0.3 is 9.26 Å². The number of nitrogens with one attached hydrogen (secondary N) is 1. The van der Waals surface area contributed by atoms with Crippen molar-refractivity contribution < 1.29 is 14.1 Å². The topological polar surface area (TPSA) is 64.4 Å². The smallest absolute Gasteiger partial charge is 0.388 e. The Labute approximate surface area is 121 Å². The number of carbonyl (C=O) groups is 1. The number of amides is 1. The van der Waals surface area contributed by atoms with E-state index in [9.17, 15) is 4.79 Å². The van der Waals surface area contributed by atoms with Crippen molar-refractivity contribution in [2.75, 3.05) is 5.32 Å². The minimum atomic E-state index is -0.617. The van der Waals surface area contributed by atoms with Crippen LogP contribution in [0, 0.1) is 0 Å². The lowest BCUT2D eigenvalue weighted by molar-refractivity contribution is 0.210. The molecule has 0 fully saturated rings. The maximum atomic E-state index is 11.7. The van der Waals surface area contributed by atoms with Gasteiger partial charge in [-0.15, -0.1) is 0 Å². The van der Waals surface area contributed by atoms with Crippen molar-refractivity contribution in [2.45, 2.75) is 0 Å². The molecule has 0 bridgehead atoms. The van der Waals surface area contributed by atoms with Crippen molar-refractivity contribution in [3.8, 4) is 17.2 Å². The first-order valence-corrected chi connectivity index (χ1v) is 6.37. The zero-order valence-corrected chi connectivity index (χ0v) is 11.0. The maximum absolute atomic E-state index is 11.7. The van der Waals surface area contributed by atoms with Gasteiger partial charge in [0, 0.05) is 11.3 Å². The molecule has 5 nitrogen and oxygen atoms in total. The standard InChI is InChI=1S/C16H12N2O3/c19-16(17-13-9-5-2-6-10-13)20-15-11-14(21-18-15)12-7-3-1-4-8-12/h1-11H,(H,17,19). The Balaban J connectivity index is 1.66. The number of benzene rings is 2. The lowest BCUT2D eigenvalue weighted by Crippen LogP contribution is -2.16. The molecule has 1 amide bonds. The van der Waals surface area contributed by atoms with Gasteiger partial charge in [-0.25, -0.2) is 4.79 Å². The Morgan fingerprint density at radius 2 is 1.67 bits per heavy atom. The monoisotopic (exact) mass is 280 g/mol. The van der Waals surface area contributed by atoms with E-state index in [4.69, 9.17) is 9.26 Å². The molecule has 0 atom stereocenters. The number of nitrogens with zero attached hydrogens (tertiary/aromatic N) is 1. The normalized spacial score (nSPS) is 10.1. The summed E-state index contributed by atoms with van der Waals surface area (Å²) in [6.07, 6.45) is -0.617. The van der Waals surface area contributed by atoms with E-state index in [1.807, 2.05) is 48.5 Å². The van der Waals surface area contributed by atoms with Gasteiger partial charge in [0.25, 0.3) is 5.88 Å². The molecule has 0 saturated heterocycles. The van der Waals surface area contributed by atoms with Crippen LogP contribution in [-0.4, -0.2) is 11.2 Å². The molecule has 0 aliphatic carbocycles. The lowest BCUT2D eigenvalue weighted by atomic mass is 10.2. The minimum Gasteiger partial charge on any atom is -0.388 e. The van der Waals surface area contributed by atoms with Crippen LogP contribution in [0.15, 0.2) is 71.3 Å². The summed E-state index contributed by atoms with van der Waals surface area (Å²) in [5, 5.41) is 6.31. The predicted molar refractivity (Wildman–Crippen MR) is 78.0 cm³/mol. The van der Waals surface area contributed by atoms with Gasteiger partial charge in [-0.3, -0.25) is 5.32 Å². The molecule has 1 heterocycles. The highest BCUT2D eigenvalue weighted by atomic mass is 16.6. The van der Waals surface area contributed by atoms with Gasteiger partial charge in [0.15, 0.2) is 5.76 Å². The summed E-state index contributed by atoms with van der Waals surface area (Å²) >= 11 is 0. The average Bonchev–Trinajstić information content (AvgIpc) is 2.97. The quantitative estimate of drug-likeness (QED) is 0.788. The van der Waals surface area contributed by atoms with Crippen molar-refractivity contribution >= 4 is 11.8 Å². The third-order valence-corrected chi connectivity index (χ3v) is 2.76. The number of rotatable bonds is 3. The van der Waals surface area contributed by atoms with E-state index >= 15 is 0 Å². The zero-order chi connectivity index (χ0) is 14.5. The molecule has 0 aliphatic heterocycles. The summed E-state index contributed by atoms with van der Waals surface area (Å²) in [4.78, 5) is 11.7. The average molecular weight is 280 g/mol. The van der Waals surface area contributed by atoms with E-state index in [1.54, 1.807) is 18.2 Å². The second kappa shape index (κ2) is 5.92. The lowest BCUT2D eigenvalue weighted by Gasteiger charge is -2.02. The van der Waals surface area contributed by atoms with Gasteiger partial charge in [0.1, 0.15) is 0 Å². The van der Waals surface area contributed by atoms with Gasteiger partial charge in [0.05, 0.1) is 6.07 Å².